The number of nitrogens with zero attached hydrogens (tertiary/aromatic N) is 4. The number of rotatable bonds is 6. The summed E-state index contributed by atoms with van der Waals surface area (Å²) in [5.41, 5.74) is 7.00. The summed E-state index contributed by atoms with van der Waals surface area (Å²) in [6.07, 6.45) is 7.36. The molecule has 0 radical (unpaired) electrons. The highest BCUT2D eigenvalue weighted by molar-refractivity contribution is 6.33. The summed E-state index contributed by atoms with van der Waals surface area (Å²) in [4.78, 5) is 21.6. The van der Waals surface area contributed by atoms with Crippen LogP contribution in [0.2, 0.25) is 5.15 Å². The maximum atomic E-state index is 11.4. The van der Waals surface area contributed by atoms with Crippen molar-refractivity contribution in [1.29, 1.82) is 0 Å². The summed E-state index contributed by atoms with van der Waals surface area (Å²) >= 11 is 6.15. The standard InChI is InChI=1S/C25H24ClN5O3/c1-2-9-30(10-4-6-16-5-3-7-17(12-16)24(27)34)14-18-13-20(22(33)21(18)32)31-11-8-19-23(26)28-15-29-25(19)31/h1,3,5,7-8,11-12,15,18,20-22,32-33H,9-10,13-14H2,(H2,27,34)/t18?,20-,21-,22+/m1/s1. The fourth-order valence-electron chi connectivity index (χ4n) is 4.41. The molecule has 0 saturated heterocycles. The van der Waals surface area contributed by atoms with Crippen molar-refractivity contribution in [3.05, 3.63) is 59.1 Å². The van der Waals surface area contributed by atoms with E-state index in [1.165, 1.54) is 6.33 Å². The van der Waals surface area contributed by atoms with E-state index < -0.39 is 18.1 Å². The van der Waals surface area contributed by atoms with Crippen LogP contribution in [0.25, 0.3) is 11.0 Å². The molecule has 34 heavy (non-hydrogen) atoms. The molecule has 0 bridgehead atoms. The second-order valence-corrected chi connectivity index (χ2v) is 8.65. The SMILES string of the molecule is C#CCN(CC#Cc1cccc(C(N)=O)c1)CC1C[C@@H](n2ccc3c(Cl)ncnc32)[C@H](O)[C@@H]1O. The van der Waals surface area contributed by atoms with Crippen LogP contribution in [0.3, 0.4) is 0 Å². The lowest BCUT2D eigenvalue weighted by molar-refractivity contribution is 0.00172. The molecule has 0 spiro atoms. The molecule has 1 amide bonds. The minimum atomic E-state index is -0.968. The third-order valence-electron chi connectivity index (χ3n) is 6.08. The zero-order valence-corrected chi connectivity index (χ0v) is 19.1. The molecule has 1 aliphatic carbocycles. The van der Waals surface area contributed by atoms with Crippen LogP contribution in [0.4, 0.5) is 0 Å². The van der Waals surface area contributed by atoms with Gasteiger partial charge in [0, 0.05) is 29.8 Å². The summed E-state index contributed by atoms with van der Waals surface area (Å²) in [6.45, 7) is 1.17. The normalized spacial score (nSPS) is 21.9. The minimum Gasteiger partial charge on any atom is -0.390 e. The van der Waals surface area contributed by atoms with E-state index in [1.807, 2.05) is 9.47 Å². The Balaban J connectivity index is 1.47. The number of primary amides is 1. The molecule has 0 aliphatic heterocycles. The first-order chi connectivity index (χ1) is 16.4. The first-order valence-electron chi connectivity index (χ1n) is 10.8. The molecular weight excluding hydrogens is 454 g/mol. The zero-order valence-electron chi connectivity index (χ0n) is 18.3. The average Bonchev–Trinajstić information content (AvgIpc) is 3.37. The number of carbonyl (C=O) groups excluding carboxylic acids is 1. The van der Waals surface area contributed by atoms with Gasteiger partial charge in [-0.1, -0.05) is 35.4 Å². The number of nitrogens with two attached hydrogens (primary N) is 1. The number of aromatic nitrogens is 3. The number of aliphatic hydroxyl groups excluding tert-OH is 2. The molecule has 3 aromatic rings. The first kappa shape index (κ1) is 23.7. The van der Waals surface area contributed by atoms with Crippen molar-refractivity contribution in [2.45, 2.75) is 24.7 Å². The average molecular weight is 478 g/mol. The summed E-state index contributed by atoms with van der Waals surface area (Å²) in [7, 11) is 0. The quantitative estimate of drug-likeness (QED) is 0.365. The van der Waals surface area contributed by atoms with Crippen LogP contribution in [0, 0.1) is 30.1 Å². The molecule has 4 N–H and O–H groups in total. The molecule has 2 aromatic heterocycles. The molecule has 1 aromatic carbocycles. The van der Waals surface area contributed by atoms with E-state index in [-0.39, 0.29) is 12.0 Å². The second kappa shape index (κ2) is 10.3. The Labute approximate surface area is 202 Å². The van der Waals surface area contributed by atoms with E-state index in [1.54, 1.807) is 36.5 Å². The smallest absolute Gasteiger partial charge is 0.248 e. The minimum absolute atomic E-state index is 0.219. The van der Waals surface area contributed by atoms with Crippen LogP contribution < -0.4 is 5.73 Å². The fourth-order valence-corrected chi connectivity index (χ4v) is 4.60. The van der Waals surface area contributed by atoms with Gasteiger partial charge in [-0.05, 0) is 30.7 Å². The number of hydrogen-bond acceptors (Lipinski definition) is 6. The van der Waals surface area contributed by atoms with Crippen LogP contribution >= 0.6 is 11.6 Å². The number of terminal acetylenes is 1. The predicted molar refractivity (Wildman–Crippen MR) is 129 cm³/mol. The molecule has 4 rings (SSSR count). The predicted octanol–water partition coefficient (Wildman–Crippen LogP) is 1.45. The Morgan fingerprint density at radius 2 is 2.09 bits per heavy atom. The fraction of sp³-hybridized carbons (Fsp3) is 0.320. The molecule has 8 nitrogen and oxygen atoms in total. The summed E-state index contributed by atoms with van der Waals surface area (Å²) in [5.74, 6) is 7.99. The van der Waals surface area contributed by atoms with Gasteiger partial charge in [-0.3, -0.25) is 9.69 Å². The lowest BCUT2D eigenvalue weighted by Gasteiger charge is -2.23. The van der Waals surface area contributed by atoms with Crippen LogP contribution in [0.5, 0.6) is 0 Å². The maximum Gasteiger partial charge on any atom is 0.248 e. The first-order valence-corrected chi connectivity index (χ1v) is 11.1. The number of aliphatic hydroxyl groups is 2. The number of benzene rings is 1. The van der Waals surface area contributed by atoms with Gasteiger partial charge in [-0.15, -0.1) is 6.42 Å². The number of fused-ring (bicyclic) bond motifs is 1. The van der Waals surface area contributed by atoms with Crippen LogP contribution in [0.15, 0.2) is 42.9 Å². The van der Waals surface area contributed by atoms with Gasteiger partial charge in [0.2, 0.25) is 5.91 Å². The Kier molecular flexibility index (Phi) is 7.16. The van der Waals surface area contributed by atoms with Gasteiger partial charge < -0.3 is 20.5 Å². The van der Waals surface area contributed by atoms with Crippen LogP contribution in [0.1, 0.15) is 28.4 Å². The van der Waals surface area contributed by atoms with Crippen LogP contribution in [-0.4, -0.2) is 67.4 Å². The van der Waals surface area contributed by atoms with Gasteiger partial charge in [0.15, 0.2) is 0 Å². The van der Waals surface area contributed by atoms with Crippen molar-refractivity contribution in [3.8, 4) is 24.2 Å². The largest absolute Gasteiger partial charge is 0.390 e. The van der Waals surface area contributed by atoms with Gasteiger partial charge in [0.25, 0.3) is 0 Å². The topological polar surface area (TPSA) is 118 Å². The van der Waals surface area contributed by atoms with E-state index >= 15 is 0 Å². The number of hydrogen-bond donors (Lipinski definition) is 3. The van der Waals surface area contributed by atoms with E-state index in [0.717, 1.165) is 0 Å². The Bertz CT molecular complexity index is 1310. The Morgan fingerprint density at radius 3 is 2.85 bits per heavy atom. The lowest BCUT2D eigenvalue weighted by atomic mass is 10.0. The maximum absolute atomic E-state index is 11.4. The van der Waals surface area contributed by atoms with Crippen molar-refractivity contribution >= 4 is 28.5 Å². The molecule has 1 aliphatic rings. The molecule has 1 saturated carbocycles. The molecule has 2 heterocycles. The number of amides is 1. The summed E-state index contributed by atoms with van der Waals surface area (Å²) in [5, 5.41) is 22.6. The molecule has 9 heteroatoms. The Morgan fingerprint density at radius 1 is 1.26 bits per heavy atom. The van der Waals surface area contributed by atoms with Gasteiger partial charge in [0.1, 0.15) is 23.2 Å². The Hall–Kier alpha value is -3.40. The molecule has 1 fully saturated rings. The lowest BCUT2D eigenvalue weighted by Crippen LogP contribution is -2.36. The highest BCUT2D eigenvalue weighted by Crippen LogP contribution is 2.38. The van der Waals surface area contributed by atoms with Gasteiger partial charge >= 0.3 is 0 Å². The van der Waals surface area contributed by atoms with E-state index in [0.29, 0.717) is 53.4 Å². The second-order valence-electron chi connectivity index (χ2n) is 8.29. The van der Waals surface area contributed by atoms with Crippen molar-refractivity contribution in [1.82, 2.24) is 19.4 Å². The van der Waals surface area contributed by atoms with Crippen molar-refractivity contribution < 1.29 is 15.0 Å². The molecule has 174 valence electrons. The van der Waals surface area contributed by atoms with Gasteiger partial charge in [0.05, 0.1) is 30.6 Å². The number of halogens is 1. The van der Waals surface area contributed by atoms with Gasteiger partial charge in [-0.25, -0.2) is 9.97 Å². The van der Waals surface area contributed by atoms with Crippen molar-refractivity contribution in [2.75, 3.05) is 19.6 Å². The highest BCUT2D eigenvalue weighted by atomic mass is 35.5. The molecule has 4 atom stereocenters. The summed E-state index contributed by atoms with van der Waals surface area (Å²) < 4.78 is 1.84. The van der Waals surface area contributed by atoms with Crippen LogP contribution in [-0.2, 0) is 0 Å². The van der Waals surface area contributed by atoms with Crippen molar-refractivity contribution in [2.24, 2.45) is 11.7 Å². The van der Waals surface area contributed by atoms with E-state index in [4.69, 9.17) is 23.8 Å². The zero-order chi connectivity index (χ0) is 24.2. The van der Waals surface area contributed by atoms with Crippen molar-refractivity contribution in [3.63, 3.8) is 0 Å². The third-order valence-corrected chi connectivity index (χ3v) is 6.38. The monoisotopic (exact) mass is 477 g/mol. The van der Waals surface area contributed by atoms with E-state index in [9.17, 15) is 15.0 Å². The van der Waals surface area contributed by atoms with Gasteiger partial charge in [-0.2, -0.15) is 0 Å². The van der Waals surface area contributed by atoms with E-state index in [2.05, 4.69) is 27.7 Å². The third kappa shape index (κ3) is 4.91. The highest BCUT2D eigenvalue weighted by Gasteiger charge is 2.43. The molecule has 1 unspecified atom stereocenters. The summed E-state index contributed by atoms with van der Waals surface area (Å²) in [6, 6.07) is 8.23. The number of carbonyl (C=O) groups is 1. The molecular formula is C25H24ClN5O3.